The van der Waals surface area contributed by atoms with Crippen molar-refractivity contribution >= 4 is 0 Å². The van der Waals surface area contributed by atoms with Gasteiger partial charge in [-0.15, -0.1) is 0 Å². The summed E-state index contributed by atoms with van der Waals surface area (Å²) in [7, 11) is 0. The van der Waals surface area contributed by atoms with Crippen molar-refractivity contribution in [3.8, 4) is 23.7 Å². The van der Waals surface area contributed by atoms with Gasteiger partial charge in [0.2, 0.25) is 0 Å². The van der Waals surface area contributed by atoms with E-state index in [1.807, 2.05) is 30.3 Å². The Morgan fingerprint density at radius 1 is 1.14 bits per heavy atom. The van der Waals surface area contributed by atoms with E-state index in [2.05, 4.69) is 11.8 Å². The van der Waals surface area contributed by atoms with Gasteiger partial charge < -0.3 is 10.5 Å². The molecule has 0 radical (unpaired) electrons. The second-order valence-electron chi connectivity index (χ2n) is 4.25. The molecule has 0 atom stereocenters. The molecule has 0 unspecified atom stereocenters. The third-order valence-electron chi connectivity index (χ3n) is 2.72. The topological polar surface area (TPSA) is 59.0 Å². The van der Waals surface area contributed by atoms with E-state index in [0.717, 1.165) is 17.2 Å². The van der Waals surface area contributed by atoms with E-state index in [-0.39, 0.29) is 17.9 Å². The predicted octanol–water partition coefficient (Wildman–Crippen LogP) is 2.59. The lowest BCUT2D eigenvalue weighted by atomic mass is 10.1. The Bertz CT molecular complexity index is 738. The van der Waals surface area contributed by atoms with Crippen LogP contribution in [0.4, 0.5) is 4.39 Å². The fourth-order valence-corrected chi connectivity index (χ4v) is 1.74. The molecule has 21 heavy (non-hydrogen) atoms. The zero-order chi connectivity index (χ0) is 15.1. The number of hydrogen-bond donors (Lipinski definition) is 1. The molecular formula is C17H13FN2O. The average molecular weight is 280 g/mol. The fraction of sp³-hybridized carbons (Fsp3) is 0.118. The van der Waals surface area contributed by atoms with Crippen molar-refractivity contribution in [2.45, 2.75) is 6.61 Å². The maximum Gasteiger partial charge on any atom is 0.166 e. The van der Waals surface area contributed by atoms with Crippen molar-refractivity contribution < 1.29 is 9.13 Å². The summed E-state index contributed by atoms with van der Waals surface area (Å²) in [5.74, 6) is 5.27. The Hall–Kier alpha value is -2.82. The van der Waals surface area contributed by atoms with Crippen molar-refractivity contribution in [3.63, 3.8) is 0 Å². The van der Waals surface area contributed by atoms with Crippen LogP contribution in [0.1, 0.15) is 16.7 Å². The molecule has 0 aliphatic rings. The fourth-order valence-electron chi connectivity index (χ4n) is 1.74. The van der Waals surface area contributed by atoms with Gasteiger partial charge in [-0.2, -0.15) is 5.26 Å². The number of hydrogen-bond acceptors (Lipinski definition) is 3. The summed E-state index contributed by atoms with van der Waals surface area (Å²) in [6.45, 7) is 0.526. The first-order valence-electron chi connectivity index (χ1n) is 6.33. The van der Waals surface area contributed by atoms with Crippen molar-refractivity contribution in [2.75, 3.05) is 6.54 Å². The maximum atomic E-state index is 13.7. The first-order valence-corrected chi connectivity index (χ1v) is 6.33. The van der Waals surface area contributed by atoms with E-state index < -0.39 is 5.82 Å². The minimum atomic E-state index is -0.548. The summed E-state index contributed by atoms with van der Waals surface area (Å²) in [4.78, 5) is 0. The summed E-state index contributed by atoms with van der Waals surface area (Å²) < 4.78 is 19.1. The van der Waals surface area contributed by atoms with Crippen LogP contribution in [-0.4, -0.2) is 6.54 Å². The molecule has 0 aromatic heterocycles. The highest BCUT2D eigenvalue weighted by atomic mass is 19.1. The monoisotopic (exact) mass is 280 g/mol. The van der Waals surface area contributed by atoms with Crippen LogP contribution >= 0.6 is 0 Å². The normalized spacial score (nSPS) is 9.38. The minimum Gasteiger partial charge on any atom is -0.486 e. The lowest BCUT2D eigenvalue weighted by Crippen LogP contribution is -1.98. The molecule has 104 valence electrons. The number of halogens is 1. The van der Waals surface area contributed by atoms with E-state index in [1.165, 1.54) is 12.1 Å². The molecule has 0 aliphatic heterocycles. The summed E-state index contributed by atoms with van der Waals surface area (Å²) in [5, 5.41) is 8.68. The first kappa shape index (κ1) is 14.6. The second kappa shape index (κ2) is 7.09. The zero-order valence-corrected chi connectivity index (χ0v) is 11.3. The summed E-state index contributed by atoms with van der Waals surface area (Å²) in [6, 6.07) is 13.5. The van der Waals surface area contributed by atoms with Gasteiger partial charge in [0.1, 0.15) is 6.61 Å². The van der Waals surface area contributed by atoms with E-state index in [0.29, 0.717) is 6.54 Å². The number of nitrogens with two attached hydrogens (primary N) is 1. The SMILES string of the molecule is N#Cc1ccc(OCc2cccc(C#CCN)c2)c(F)c1. The summed E-state index contributed by atoms with van der Waals surface area (Å²) >= 11 is 0. The molecule has 2 rings (SSSR count). The van der Waals surface area contributed by atoms with Crippen LogP contribution in [-0.2, 0) is 6.61 Å². The Labute approximate surface area is 122 Å². The van der Waals surface area contributed by atoms with Gasteiger partial charge in [-0.1, -0.05) is 24.0 Å². The van der Waals surface area contributed by atoms with Gasteiger partial charge in [-0.25, -0.2) is 4.39 Å². The number of rotatable bonds is 3. The number of nitrogens with zero attached hydrogens (tertiary/aromatic N) is 1. The van der Waals surface area contributed by atoms with Gasteiger partial charge in [-0.3, -0.25) is 0 Å². The number of benzene rings is 2. The van der Waals surface area contributed by atoms with Crippen LogP contribution in [0.3, 0.4) is 0 Å². The number of nitriles is 1. The third kappa shape index (κ3) is 4.07. The Kier molecular flexibility index (Phi) is 4.93. The highest BCUT2D eigenvalue weighted by Gasteiger charge is 2.05. The van der Waals surface area contributed by atoms with Crippen LogP contribution in [0.15, 0.2) is 42.5 Å². The Morgan fingerprint density at radius 3 is 2.71 bits per heavy atom. The van der Waals surface area contributed by atoms with Gasteiger partial charge in [0, 0.05) is 5.56 Å². The molecule has 2 aromatic rings. The molecule has 4 heteroatoms. The van der Waals surface area contributed by atoms with Crippen LogP contribution in [0.2, 0.25) is 0 Å². The molecule has 2 aromatic carbocycles. The van der Waals surface area contributed by atoms with Crippen LogP contribution in [0.25, 0.3) is 0 Å². The van der Waals surface area contributed by atoms with E-state index in [9.17, 15) is 4.39 Å². The van der Waals surface area contributed by atoms with Gasteiger partial charge in [0.05, 0.1) is 18.2 Å². The van der Waals surface area contributed by atoms with E-state index in [4.69, 9.17) is 15.7 Å². The van der Waals surface area contributed by atoms with Gasteiger partial charge >= 0.3 is 0 Å². The predicted molar refractivity (Wildman–Crippen MR) is 77.8 cm³/mol. The lowest BCUT2D eigenvalue weighted by Gasteiger charge is -2.07. The highest BCUT2D eigenvalue weighted by Crippen LogP contribution is 2.19. The van der Waals surface area contributed by atoms with Crippen molar-refractivity contribution in [3.05, 3.63) is 65.0 Å². The molecule has 0 amide bonds. The molecule has 0 saturated heterocycles. The van der Waals surface area contributed by atoms with Crippen LogP contribution in [0.5, 0.6) is 5.75 Å². The Morgan fingerprint density at radius 2 is 2.00 bits per heavy atom. The maximum absolute atomic E-state index is 13.7. The largest absolute Gasteiger partial charge is 0.486 e. The minimum absolute atomic E-state index is 0.118. The molecule has 0 saturated carbocycles. The molecule has 0 bridgehead atoms. The lowest BCUT2D eigenvalue weighted by molar-refractivity contribution is 0.290. The Balaban J connectivity index is 2.08. The highest BCUT2D eigenvalue weighted by molar-refractivity contribution is 5.38. The molecular weight excluding hydrogens is 267 g/mol. The standard InChI is InChI=1S/C17H13FN2O/c18-16-10-14(11-20)6-7-17(16)21-12-15-4-1-3-13(9-15)5-2-8-19/h1,3-4,6-7,9-10H,8,12,19H2. The zero-order valence-electron chi connectivity index (χ0n) is 11.3. The summed E-state index contributed by atoms with van der Waals surface area (Å²) in [6.07, 6.45) is 0. The number of ether oxygens (including phenoxy) is 1. The molecule has 0 aliphatic carbocycles. The van der Waals surface area contributed by atoms with Crippen LogP contribution < -0.4 is 10.5 Å². The third-order valence-corrected chi connectivity index (χ3v) is 2.72. The van der Waals surface area contributed by atoms with Gasteiger partial charge in [0.15, 0.2) is 11.6 Å². The molecule has 0 spiro atoms. The molecule has 0 heterocycles. The van der Waals surface area contributed by atoms with Gasteiger partial charge in [-0.05, 0) is 35.9 Å². The smallest absolute Gasteiger partial charge is 0.166 e. The van der Waals surface area contributed by atoms with Crippen molar-refractivity contribution in [2.24, 2.45) is 5.73 Å². The molecule has 0 fully saturated rings. The van der Waals surface area contributed by atoms with Gasteiger partial charge in [0.25, 0.3) is 0 Å². The molecule has 2 N–H and O–H groups in total. The van der Waals surface area contributed by atoms with Crippen molar-refractivity contribution in [1.82, 2.24) is 0 Å². The quantitative estimate of drug-likeness (QED) is 0.879. The average Bonchev–Trinajstić information content (AvgIpc) is 2.52. The van der Waals surface area contributed by atoms with E-state index in [1.54, 1.807) is 0 Å². The second-order valence-corrected chi connectivity index (χ2v) is 4.25. The first-order chi connectivity index (χ1) is 10.2. The van der Waals surface area contributed by atoms with Crippen LogP contribution in [0, 0.1) is 29.0 Å². The van der Waals surface area contributed by atoms with Crippen molar-refractivity contribution in [1.29, 1.82) is 5.26 Å². The van der Waals surface area contributed by atoms with E-state index >= 15 is 0 Å². The molecule has 3 nitrogen and oxygen atoms in total. The summed E-state index contributed by atoms with van der Waals surface area (Å²) in [5.41, 5.74) is 7.30.